The summed E-state index contributed by atoms with van der Waals surface area (Å²) in [6, 6.07) is 4.46. The minimum atomic E-state index is -1.21. The van der Waals surface area contributed by atoms with Gasteiger partial charge in [0.1, 0.15) is 34.4 Å². The Labute approximate surface area is 258 Å². The van der Waals surface area contributed by atoms with Crippen LogP contribution in [0.5, 0.6) is 11.5 Å². The van der Waals surface area contributed by atoms with Crippen molar-refractivity contribution in [3.8, 4) is 11.5 Å². The molecule has 16 heteroatoms. The molecule has 0 aliphatic rings. The first kappa shape index (κ1) is 33.2. The number of allylic oxidation sites excluding steroid dienone is 1. The van der Waals surface area contributed by atoms with E-state index in [0.717, 1.165) is 23.8 Å². The maximum Gasteiger partial charge on any atom is 0.407 e. The maximum atomic E-state index is 14.7. The van der Waals surface area contributed by atoms with Crippen LogP contribution in [0.25, 0.3) is 11.0 Å². The Morgan fingerprint density at radius 2 is 1.85 bits per heavy atom. The largest absolute Gasteiger partial charge is 0.453 e. The van der Waals surface area contributed by atoms with Crippen LogP contribution in [0.3, 0.4) is 0 Å². The highest BCUT2D eigenvalue weighted by Gasteiger charge is 2.23. The van der Waals surface area contributed by atoms with E-state index >= 15 is 0 Å². The summed E-state index contributed by atoms with van der Waals surface area (Å²) >= 11 is 0. The number of aromatic amines is 1. The van der Waals surface area contributed by atoms with Crippen LogP contribution >= 0.6 is 0 Å². The molecule has 1 atom stereocenters. The van der Waals surface area contributed by atoms with Gasteiger partial charge in [0.2, 0.25) is 11.8 Å². The monoisotopic (exact) mass is 644 g/mol. The second kappa shape index (κ2) is 14.4. The first-order valence-electron chi connectivity index (χ1n) is 13.6. The number of methoxy groups -OCH3 is 1. The number of hydrogen-bond acceptors (Lipinski definition) is 7. The van der Waals surface area contributed by atoms with Gasteiger partial charge in [-0.25, -0.2) is 27.3 Å². The van der Waals surface area contributed by atoms with Gasteiger partial charge in [-0.2, -0.15) is 0 Å². The molecule has 0 saturated carbocycles. The zero-order chi connectivity index (χ0) is 33.5. The molecule has 12 nitrogen and oxygen atoms in total. The van der Waals surface area contributed by atoms with Crippen molar-refractivity contribution in [2.24, 2.45) is 0 Å². The summed E-state index contributed by atoms with van der Waals surface area (Å²) in [5.74, 6) is -6.48. The number of aromatic nitrogens is 3. The number of hydrogen-bond donors (Lipinski definition) is 3. The van der Waals surface area contributed by atoms with Gasteiger partial charge in [0.15, 0.2) is 29.0 Å². The molecule has 0 bridgehead atoms. The molecule has 1 unspecified atom stereocenters. The number of halogens is 4. The first-order chi connectivity index (χ1) is 21.9. The van der Waals surface area contributed by atoms with E-state index in [1.807, 2.05) is 0 Å². The summed E-state index contributed by atoms with van der Waals surface area (Å²) < 4.78 is 67.8. The SMILES string of the molecule is COC(=O)NC(CC/C=C/C(=O)N(C)C)C(=O)Nc1cccn(Cc2nc3c(Oc4ccc(F)cc4F)c(F)cc(F)c3[nH]2)c1=O. The molecule has 46 heavy (non-hydrogen) atoms. The van der Waals surface area contributed by atoms with E-state index < -0.39 is 58.4 Å². The molecule has 0 aliphatic carbocycles. The Morgan fingerprint density at radius 1 is 1.09 bits per heavy atom. The number of ether oxygens (including phenoxy) is 2. The van der Waals surface area contributed by atoms with Crippen molar-refractivity contribution < 1.29 is 41.4 Å². The number of nitrogens with one attached hydrogen (secondary N) is 3. The van der Waals surface area contributed by atoms with Gasteiger partial charge in [-0.05, 0) is 43.2 Å². The van der Waals surface area contributed by atoms with Crippen LogP contribution in [-0.2, 0) is 20.9 Å². The number of likely N-dealkylation sites (N-methyl/N-ethyl adjacent to an activating group) is 1. The molecule has 0 saturated heterocycles. The molecule has 0 spiro atoms. The number of benzene rings is 2. The molecule has 0 aliphatic heterocycles. The summed E-state index contributed by atoms with van der Waals surface area (Å²) in [5, 5.41) is 4.84. The molecular weight excluding hydrogens is 616 g/mol. The number of alkyl carbamates (subject to hydrolysis) is 1. The Morgan fingerprint density at radius 3 is 2.54 bits per heavy atom. The van der Waals surface area contributed by atoms with Gasteiger partial charge in [-0.15, -0.1) is 0 Å². The summed E-state index contributed by atoms with van der Waals surface area (Å²) in [4.78, 5) is 58.0. The number of H-pyrrole nitrogens is 1. The molecule has 2 heterocycles. The van der Waals surface area contributed by atoms with Crippen molar-refractivity contribution in [1.82, 2.24) is 24.8 Å². The third-order valence-electron chi connectivity index (χ3n) is 6.50. The van der Waals surface area contributed by atoms with Crippen LogP contribution in [0.15, 0.2) is 59.5 Å². The summed E-state index contributed by atoms with van der Waals surface area (Å²) in [6.07, 6.45) is 3.60. The van der Waals surface area contributed by atoms with E-state index in [2.05, 4.69) is 25.3 Å². The molecule has 0 fully saturated rings. The van der Waals surface area contributed by atoms with Gasteiger partial charge in [0.25, 0.3) is 5.56 Å². The van der Waals surface area contributed by atoms with E-state index in [1.165, 1.54) is 35.4 Å². The molecule has 3 amide bonds. The van der Waals surface area contributed by atoms with Gasteiger partial charge < -0.3 is 34.6 Å². The molecule has 2 aromatic heterocycles. The van der Waals surface area contributed by atoms with Gasteiger partial charge in [0.05, 0.1) is 13.7 Å². The summed E-state index contributed by atoms with van der Waals surface area (Å²) in [7, 11) is 4.26. The van der Waals surface area contributed by atoms with E-state index in [9.17, 15) is 36.7 Å². The quantitative estimate of drug-likeness (QED) is 0.164. The number of amides is 3. The molecule has 2 aromatic carbocycles. The number of imidazole rings is 1. The second-order valence-electron chi connectivity index (χ2n) is 10.00. The van der Waals surface area contributed by atoms with Gasteiger partial charge >= 0.3 is 6.09 Å². The Bertz CT molecular complexity index is 1870. The molecular formula is C30H28F4N6O6. The number of nitrogens with zero attached hydrogens (tertiary/aromatic N) is 3. The van der Waals surface area contributed by atoms with Crippen LogP contribution in [0.2, 0.25) is 0 Å². The predicted octanol–water partition coefficient (Wildman–Crippen LogP) is 4.21. The summed E-state index contributed by atoms with van der Waals surface area (Å²) in [6.45, 7) is -0.308. The number of carbonyl (C=O) groups is 3. The van der Waals surface area contributed by atoms with Crippen LogP contribution < -0.4 is 20.9 Å². The van der Waals surface area contributed by atoms with Gasteiger partial charge in [0, 0.05) is 32.4 Å². The standard InChI is InChI=1S/C30H28F4N6O6/c1-39(2)24(41)9-5-4-7-20(36-30(44)45-3)28(42)35-21-8-6-12-40(29(21)43)15-23-37-25-18(33)14-19(34)27(26(25)38-23)46-22-11-10-16(31)13-17(22)32/h5-6,8-14,20H,4,7,15H2,1-3H3,(H,35,42)(H,36,44)(H,37,38)/b9-5+. The van der Waals surface area contributed by atoms with Crippen LogP contribution in [0.1, 0.15) is 18.7 Å². The average Bonchev–Trinajstić information content (AvgIpc) is 3.43. The molecule has 3 N–H and O–H groups in total. The molecule has 4 aromatic rings. The fourth-order valence-electron chi connectivity index (χ4n) is 4.17. The van der Waals surface area contributed by atoms with Crippen LogP contribution in [0, 0.1) is 23.3 Å². The predicted molar refractivity (Wildman–Crippen MR) is 157 cm³/mol. The average molecular weight is 645 g/mol. The first-order valence-corrected chi connectivity index (χ1v) is 13.6. The lowest BCUT2D eigenvalue weighted by Crippen LogP contribution is -2.44. The Kier molecular flexibility index (Phi) is 10.4. The van der Waals surface area contributed by atoms with E-state index in [1.54, 1.807) is 14.1 Å². The number of carbonyl (C=O) groups excluding carboxylic acids is 3. The smallest absolute Gasteiger partial charge is 0.407 e. The second-order valence-corrected chi connectivity index (χ2v) is 10.00. The van der Waals surface area contributed by atoms with Gasteiger partial charge in [-0.3, -0.25) is 14.4 Å². The fourth-order valence-corrected chi connectivity index (χ4v) is 4.17. The number of rotatable bonds is 11. The topological polar surface area (TPSA) is 148 Å². The van der Waals surface area contributed by atoms with Crippen molar-refractivity contribution in [3.05, 3.63) is 94.2 Å². The van der Waals surface area contributed by atoms with Crippen molar-refractivity contribution in [3.63, 3.8) is 0 Å². The van der Waals surface area contributed by atoms with Crippen LogP contribution in [-0.4, -0.2) is 64.6 Å². The Hall–Kier alpha value is -5.67. The van der Waals surface area contributed by atoms with Crippen molar-refractivity contribution >= 4 is 34.6 Å². The molecule has 4 rings (SSSR count). The lowest BCUT2D eigenvalue weighted by Gasteiger charge is -2.17. The highest BCUT2D eigenvalue weighted by Crippen LogP contribution is 2.34. The minimum Gasteiger partial charge on any atom is -0.453 e. The third kappa shape index (κ3) is 7.88. The molecule has 0 radical (unpaired) electrons. The minimum absolute atomic E-state index is 0.0289. The lowest BCUT2D eigenvalue weighted by molar-refractivity contribution is -0.123. The number of pyridine rings is 1. The van der Waals surface area contributed by atoms with Gasteiger partial charge in [-0.1, -0.05) is 6.08 Å². The zero-order valence-corrected chi connectivity index (χ0v) is 24.7. The molecule has 242 valence electrons. The number of anilines is 1. The van der Waals surface area contributed by atoms with E-state index in [0.29, 0.717) is 12.1 Å². The highest BCUT2D eigenvalue weighted by molar-refractivity contribution is 5.96. The summed E-state index contributed by atoms with van der Waals surface area (Å²) in [5.41, 5.74) is -1.54. The van der Waals surface area contributed by atoms with Crippen molar-refractivity contribution in [1.29, 1.82) is 0 Å². The number of fused-ring (bicyclic) bond motifs is 1. The van der Waals surface area contributed by atoms with Crippen molar-refractivity contribution in [2.45, 2.75) is 25.4 Å². The maximum absolute atomic E-state index is 14.7. The van der Waals surface area contributed by atoms with E-state index in [4.69, 9.17) is 4.74 Å². The third-order valence-corrected chi connectivity index (χ3v) is 6.50. The lowest BCUT2D eigenvalue weighted by atomic mass is 10.1. The zero-order valence-electron chi connectivity index (χ0n) is 24.7. The van der Waals surface area contributed by atoms with Crippen LogP contribution in [0.4, 0.5) is 28.0 Å². The van der Waals surface area contributed by atoms with E-state index in [-0.39, 0.29) is 47.8 Å². The Balaban J connectivity index is 1.56. The highest BCUT2D eigenvalue weighted by atomic mass is 19.1. The van der Waals surface area contributed by atoms with Crippen molar-refractivity contribution in [2.75, 3.05) is 26.5 Å². The normalized spacial score (nSPS) is 11.8. The fraction of sp³-hybridized carbons (Fsp3) is 0.233.